The Morgan fingerprint density at radius 3 is 2.83 bits per heavy atom. The molecule has 1 rings (SSSR count). The Labute approximate surface area is 118 Å². The number of halogens is 2. The molecule has 0 radical (unpaired) electrons. The van der Waals surface area contributed by atoms with E-state index in [1.165, 1.54) is 6.07 Å². The van der Waals surface area contributed by atoms with E-state index in [1.54, 1.807) is 12.1 Å². The van der Waals surface area contributed by atoms with Gasteiger partial charge in [-0.1, -0.05) is 24.6 Å². The minimum absolute atomic E-state index is 0.199. The molecule has 1 nitrogen and oxygen atoms in total. The molecule has 0 fully saturated rings. The van der Waals surface area contributed by atoms with Crippen LogP contribution in [0.5, 0.6) is 0 Å². The monoisotopic (exact) mass is 289 g/mol. The molecule has 1 N–H and O–H groups in total. The molecule has 0 saturated carbocycles. The van der Waals surface area contributed by atoms with E-state index in [-0.39, 0.29) is 5.82 Å². The van der Waals surface area contributed by atoms with Crippen LogP contribution in [0.15, 0.2) is 18.2 Å². The molecule has 0 heterocycles. The summed E-state index contributed by atoms with van der Waals surface area (Å²) in [6.07, 6.45) is 4.98. The van der Waals surface area contributed by atoms with Crippen LogP contribution in [-0.4, -0.2) is 24.6 Å². The molecule has 4 heteroatoms. The smallest absolute Gasteiger partial charge is 0.127 e. The zero-order valence-corrected chi connectivity index (χ0v) is 12.6. The van der Waals surface area contributed by atoms with E-state index in [9.17, 15) is 4.39 Å². The Bertz CT molecular complexity index is 352. The molecule has 0 bridgehead atoms. The average molecular weight is 290 g/mol. The van der Waals surface area contributed by atoms with Gasteiger partial charge in [0.2, 0.25) is 0 Å². The van der Waals surface area contributed by atoms with Gasteiger partial charge in [0.25, 0.3) is 0 Å². The molecule has 0 aliphatic carbocycles. The molecule has 102 valence electrons. The first-order valence-electron chi connectivity index (χ1n) is 6.33. The van der Waals surface area contributed by atoms with E-state index in [1.807, 2.05) is 11.8 Å². The summed E-state index contributed by atoms with van der Waals surface area (Å²) in [7, 11) is 0. The molecule has 0 spiro atoms. The molecule has 0 aromatic heterocycles. The van der Waals surface area contributed by atoms with E-state index < -0.39 is 0 Å². The van der Waals surface area contributed by atoms with Crippen LogP contribution < -0.4 is 5.32 Å². The maximum Gasteiger partial charge on any atom is 0.127 e. The molecule has 0 amide bonds. The molecular weight excluding hydrogens is 269 g/mol. The Hall–Kier alpha value is -0.250. The fraction of sp³-hybridized carbons (Fsp3) is 0.571. The van der Waals surface area contributed by atoms with Gasteiger partial charge in [-0.25, -0.2) is 4.39 Å². The number of rotatable bonds is 8. The van der Waals surface area contributed by atoms with Crippen LogP contribution in [0, 0.1) is 5.82 Å². The topological polar surface area (TPSA) is 12.0 Å². The van der Waals surface area contributed by atoms with Crippen molar-refractivity contribution in [2.45, 2.75) is 32.2 Å². The molecule has 1 atom stereocenters. The summed E-state index contributed by atoms with van der Waals surface area (Å²) < 4.78 is 13.7. The Balaban J connectivity index is 2.62. The summed E-state index contributed by atoms with van der Waals surface area (Å²) in [5.74, 6) is 0.895. The fourth-order valence-corrected chi connectivity index (χ4v) is 2.52. The van der Waals surface area contributed by atoms with Gasteiger partial charge < -0.3 is 5.32 Å². The van der Waals surface area contributed by atoms with E-state index in [0.29, 0.717) is 11.1 Å². The normalized spacial score (nSPS) is 12.7. The summed E-state index contributed by atoms with van der Waals surface area (Å²) in [5, 5.41) is 3.94. The number of hydrogen-bond donors (Lipinski definition) is 1. The fourth-order valence-electron chi connectivity index (χ4n) is 1.84. The zero-order valence-electron chi connectivity index (χ0n) is 11.0. The highest BCUT2D eigenvalue weighted by Gasteiger charge is 2.11. The first-order chi connectivity index (χ1) is 8.67. The van der Waals surface area contributed by atoms with E-state index in [4.69, 9.17) is 11.6 Å². The van der Waals surface area contributed by atoms with Crippen molar-refractivity contribution in [3.05, 3.63) is 34.6 Å². The van der Waals surface area contributed by atoms with Crippen molar-refractivity contribution >= 4 is 23.4 Å². The molecule has 18 heavy (non-hydrogen) atoms. The zero-order chi connectivity index (χ0) is 13.4. The van der Waals surface area contributed by atoms with Crippen LogP contribution in [-0.2, 0) is 6.42 Å². The van der Waals surface area contributed by atoms with Gasteiger partial charge >= 0.3 is 0 Å². The van der Waals surface area contributed by atoms with E-state index in [0.717, 1.165) is 37.1 Å². The summed E-state index contributed by atoms with van der Waals surface area (Å²) >= 11 is 7.59. The lowest BCUT2D eigenvalue weighted by Crippen LogP contribution is -2.32. The van der Waals surface area contributed by atoms with Crippen LogP contribution in [0.1, 0.15) is 25.3 Å². The van der Waals surface area contributed by atoms with Gasteiger partial charge in [0.1, 0.15) is 5.82 Å². The molecule has 0 saturated heterocycles. The molecule has 0 aliphatic rings. The summed E-state index contributed by atoms with van der Waals surface area (Å²) in [4.78, 5) is 0. The van der Waals surface area contributed by atoms with E-state index >= 15 is 0 Å². The summed E-state index contributed by atoms with van der Waals surface area (Å²) in [6, 6.07) is 5.28. The molecule has 0 aliphatic heterocycles. The SMILES string of the molecule is CCCNC(CCSC)Cc1ccc(Cl)cc1F. The van der Waals surface area contributed by atoms with Gasteiger partial charge in [-0.3, -0.25) is 0 Å². The lowest BCUT2D eigenvalue weighted by Gasteiger charge is -2.18. The number of benzene rings is 1. The second-order valence-electron chi connectivity index (χ2n) is 4.37. The van der Waals surface area contributed by atoms with Crippen molar-refractivity contribution in [2.75, 3.05) is 18.6 Å². The lowest BCUT2D eigenvalue weighted by molar-refractivity contribution is 0.486. The van der Waals surface area contributed by atoms with Gasteiger partial charge in [0, 0.05) is 11.1 Å². The Kier molecular flexibility index (Phi) is 7.71. The van der Waals surface area contributed by atoms with E-state index in [2.05, 4.69) is 18.5 Å². The molecule has 1 unspecified atom stereocenters. The maximum atomic E-state index is 13.7. The maximum absolute atomic E-state index is 13.7. The average Bonchev–Trinajstić information content (AvgIpc) is 2.35. The number of thioether (sulfide) groups is 1. The predicted molar refractivity (Wildman–Crippen MR) is 80.2 cm³/mol. The Morgan fingerprint density at radius 2 is 2.22 bits per heavy atom. The second-order valence-corrected chi connectivity index (χ2v) is 5.79. The van der Waals surface area contributed by atoms with Crippen molar-refractivity contribution in [3.63, 3.8) is 0 Å². The predicted octanol–water partition coefficient (Wildman–Crippen LogP) is 4.14. The van der Waals surface area contributed by atoms with Crippen LogP contribution in [0.3, 0.4) is 0 Å². The quantitative estimate of drug-likeness (QED) is 0.772. The molecular formula is C14H21ClFNS. The highest BCUT2D eigenvalue weighted by atomic mass is 35.5. The standard InChI is InChI=1S/C14H21ClFNS/c1-3-7-17-13(6-8-18-2)9-11-4-5-12(15)10-14(11)16/h4-5,10,13,17H,3,6-9H2,1-2H3. The molecule has 1 aromatic rings. The van der Waals surface area contributed by atoms with Crippen molar-refractivity contribution in [1.29, 1.82) is 0 Å². The first kappa shape index (κ1) is 15.8. The number of nitrogens with one attached hydrogen (secondary N) is 1. The van der Waals surface area contributed by atoms with Crippen molar-refractivity contribution in [1.82, 2.24) is 5.32 Å². The van der Waals surface area contributed by atoms with Gasteiger partial charge in [0.05, 0.1) is 0 Å². The highest BCUT2D eigenvalue weighted by Crippen LogP contribution is 2.17. The first-order valence-corrected chi connectivity index (χ1v) is 8.10. The third kappa shape index (κ3) is 5.59. The van der Waals surface area contributed by atoms with Gasteiger partial charge in [-0.2, -0.15) is 11.8 Å². The minimum atomic E-state index is -0.199. The van der Waals surface area contributed by atoms with Crippen LogP contribution in [0.25, 0.3) is 0 Å². The van der Waals surface area contributed by atoms with Gasteiger partial charge in [-0.15, -0.1) is 0 Å². The largest absolute Gasteiger partial charge is 0.314 e. The third-order valence-electron chi connectivity index (χ3n) is 2.83. The lowest BCUT2D eigenvalue weighted by atomic mass is 10.0. The van der Waals surface area contributed by atoms with Crippen LogP contribution in [0.2, 0.25) is 5.02 Å². The van der Waals surface area contributed by atoms with Gasteiger partial charge in [-0.05, 0) is 55.5 Å². The highest BCUT2D eigenvalue weighted by molar-refractivity contribution is 7.98. The van der Waals surface area contributed by atoms with Crippen molar-refractivity contribution in [3.8, 4) is 0 Å². The van der Waals surface area contributed by atoms with Crippen molar-refractivity contribution in [2.24, 2.45) is 0 Å². The van der Waals surface area contributed by atoms with Crippen molar-refractivity contribution < 1.29 is 4.39 Å². The number of hydrogen-bond acceptors (Lipinski definition) is 2. The van der Waals surface area contributed by atoms with Crippen LogP contribution in [0.4, 0.5) is 4.39 Å². The Morgan fingerprint density at radius 1 is 1.44 bits per heavy atom. The summed E-state index contributed by atoms with van der Waals surface area (Å²) in [5.41, 5.74) is 0.745. The summed E-state index contributed by atoms with van der Waals surface area (Å²) in [6.45, 7) is 3.12. The van der Waals surface area contributed by atoms with Gasteiger partial charge in [0.15, 0.2) is 0 Å². The van der Waals surface area contributed by atoms with Crippen LogP contribution >= 0.6 is 23.4 Å². The third-order valence-corrected chi connectivity index (χ3v) is 3.71. The minimum Gasteiger partial charge on any atom is -0.314 e. The second kappa shape index (κ2) is 8.78. The molecule has 1 aromatic carbocycles.